The molecule has 10 N–H and O–H groups in total. The molecule has 644 valence electrons. The summed E-state index contributed by atoms with van der Waals surface area (Å²) in [5.41, 5.74) is 15.7. The van der Waals surface area contributed by atoms with E-state index in [-0.39, 0.29) is 55.6 Å². The number of carboxylic acids is 10. The average Bonchev–Trinajstić information content (AvgIpc) is 0.705. The maximum atomic E-state index is 11.7. The van der Waals surface area contributed by atoms with Gasteiger partial charge >= 0.3 is 59.7 Å². The van der Waals surface area contributed by atoms with Gasteiger partial charge in [0, 0.05) is 0 Å². The molecule has 0 radical (unpaired) electrons. The van der Waals surface area contributed by atoms with Crippen molar-refractivity contribution in [3.8, 4) is 106 Å². The molecule has 17 aromatic carbocycles. The lowest BCUT2D eigenvalue weighted by Crippen LogP contribution is -1.99. The summed E-state index contributed by atoms with van der Waals surface area (Å²) >= 11 is 0. The van der Waals surface area contributed by atoms with Crippen molar-refractivity contribution >= 4 is 122 Å². The Morgan fingerprint density at radius 1 is 0.168 bits per heavy atom. The number of rotatable bonds is 24. The summed E-state index contributed by atoms with van der Waals surface area (Å²) < 4.78 is 15.0. The fourth-order valence-electron chi connectivity index (χ4n) is 14.5. The Morgan fingerprint density at radius 3 is 0.519 bits per heavy atom. The normalized spacial score (nSPS) is 10.5. The number of ether oxygens (including phenoxy) is 3. The zero-order valence-corrected chi connectivity index (χ0v) is 68.0. The van der Waals surface area contributed by atoms with E-state index < -0.39 is 59.7 Å². The summed E-state index contributed by atoms with van der Waals surface area (Å²) in [6.07, 6.45) is 0. The van der Waals surface area contributed by atoms with Crippen molar-refractivity contribution in [3.63, 3.8) is 0 Å². The molecule has 0 aromatic heterocycles. The quantitative estimate of drug-likeness (QED) is 0.0198. The van der Waals surface area contributed by atoms with Crippen LogP contribution in [0, 0.1) is 0 Å². The smallest absolute Gasteiger partial charge is 0.335 e. The Balaban J connectivity index is 0.000000156. The van der Waals surface area contributed by atoms with Crippen molar-refractivity contribution in [2.45, 2.75) is 0 Å². The summed E-state index contributed by atoms with van der Waals surface area (Å²) in [4.78, 5) is 142. The molecule has 26 nitrogen and oxygen atoms in total. The highest BCUT2D eigenvalue weighted by atomic mass is 16.5. The van der Waals surface area contributed by atoms with Crippen LogP contribution in [-0.2, 0) is 14.4 Å². The van der Waals surface area contributed by atoms with E-state index in [9.17, 15) is 82.8 Å². The molecule has 0 amide bonds. The Bertz CT molecular complexity index is 6870. The molecular formula is C105H68O26. The first-order valence-corrected chi connectivity index (χ1v) is 39.2. The van der Waals surface area contributed by atoms with Crippen molar-refractivity contribution in [2.24, 2.45) is 0 Å². The first kappa shape index (κ1) is 89.9. The van der Waals surface area contributed by atoms with Crippen LogP contribution in [0.1, 0.15) is 104 Å². The molecule has 26 heteroatoms. The van der Waals surface area contributed by atoms with E-state index in [1.165, 1.54) is 72.8 Å². The van der Waals surface area contributed by atoms with Gasteiger partial charge in [0.05, 0.1) is 55.6 Å². The number of hydrogen-bond acceptors (Lipinski definition) is 16. The molecule has 131 heavy (non-hydrogen) atoms. The number of benzene rings is 17. The minimum Gasteiger partial charge on any atom is -0.478 e. The standard InChI is InChI=1S/C44H26O8.C27H18O6.C14H10O4.C12H8O4.C8H6O4/c45-23-51-31-13-9-27(10-14-31)39-21-37(25-1-5-29(6-2-25)43(47)48)33-17-18-34-38(26-3-7-30(8-4-26)44(49)50)22-40(28-11-15-32(16-12-28)52-24-46)36-20-19-35(39)41(33)42(34)36;28-16-33-25-11-9-19(10-12-25)24-14-22(17-1-5-20(6-2-17)26(29)30)13-23(15-24)18-3-7-21(8-4-18)27(31)32;15-13(16)11-5-1-9(2-6-11)10-3-7-12(8-4-10)14(17)18;13-11(14)9-3-1-7-5-10(12(15)16)4-2-8(7)6-9;9-7(10)5-1-2-6(4-3-5)8(11)12/h1-24H,(H,47,48)(H,49,50);1-16H,(H,29,30)(H,31,32);1-8H,(H,15,16)(H,17,18);1-6H,(H,13,14)(H,15,16);1-4H,(H,9,10)(H,11,12). The molecule has 17 rings (SSSR count). The van der Waals surface area contributed by atoms with Gasteiger partial charge in [-0.3, -0.25) is 14.4 Å². The van der Waals surface area contributed by atoms with Crippen LogP contribution >= 0.6 is 0 Å². The van der Waals surface area contributed by atoms with E-state index in [1.807, 2.05) is 78.9 Å². The maximum Gasteiger partial charge on any atom is 0.335 e. The van der Waals surface area contributed by atoms with Crippen LogP contribution in [0.15, 0.2) is 334 Å². The number of fused-ring (bicyclic) bond motifs is 1. The molecule has 0 aliphatic heterocycles. The monoisotopic (exact) mass is 1740 g/mol. The van der Waals surface area contributed by atoms with Gasteiger partial charge in [-0.2, -0.15) is 0 Å². The third-order valence-electron chi connectivity index (χ3n) is 21.0. The third kappa shape index (κ3) is 21.2. The van der Waals surface area contributed by atoms with Crippen molar-refractivity contribution < 1.29 is 128 Å². The SMILES string of the molecule is O=C(O)c1ccc(-c2ccc(C(=O)O)cc2)cc1.O=C(O)c1ccc(C(=O)O)cc1.O=C(O)c1ccc2cc(C(=O)O)ccc2c1.O=COc1ccc(-c2cc(-c3ccc(C(=O)O)cc3)c3ccc4c(-c5ccc(C(=O)O)cc5)cc(-c5ccc(OC=O)cc5)c5ccc2c3c54)cc1.O=COc1ccc(-c2cc(-c3ccc(C(=O)O)cc3)cc(-c3ccc(C(=O)O)cc3)c2)cc1. The van der Waals surface area contributed by atoms with Gasteiger partial charge in [-0.1, -0.05) is 146 Å². The minimum absolute atomic E-state index is 0.0833. The topological polar surface area (TPSA) is 452 Å². The number of carbonyl (C=O) groups excluding carboxylic acids is 3. The summed E-state index contributed by atoms with van der Waals surface area (Å²) in [7, 11) is 0. The second kappa shape index (κ2) is 40.2. The fraction of sp³-hybridized carbons (Fsp3) is 0. The zero-order valence-electron chi connectivity index (χ0n) is 68.0. The molecule has 0 bridgehead atoms. The van der Waals surface area contributed by atoms with Crippen LogP contribution in [0.25, 0.3) is 132 Å². The lowest BCUT2D eigenvalue weighted by atomic mass is 9.82. The van der Waals surface area contributed by atoms with Gasteiger partial charge in [0.25, 0.3) is 19.4 Å². The van der Waals surface area contributed by atoms with Crippen LogP contribution < -0.4 is 14.2 Å². The third-order valence-corrected chi connectivity index (χ3v) is 21.0. The first-order chi connectivity index (χ1) is 63.0. The molecule has 0 aliphatic rings. The molecule has 0 unspecified atom stereocenters. The molecule has 0 aliphatic carbocycles. The largest absolute Gasteiger partial charge is 0.478 e. The molecule has 0 heterocycles. The molecule has 0 saturated carbocycles. The predicted octanol–water partition coefficient (Wildman–Crippen LogP) is 21.4. The first-order valence-electron chi connectivity index (χ1n) is 39.2. The van der Waals surface area contributed by atoms with Crippen LogP contribution in [0.5, 0.6) is 17.2 Å². The Kier molecular flexibility index (Phi) is 27.6. The summed E-state index contributed by atoms with van der Waals surface area (Å²) in [5.74, 6) is -8.82. The Hall–Kier alpha value is -18.9. The van der Waals surface area contributed by atoms with Gasteiger partial charge < -0.3 is 65.3 Å². The van der Waals surface area contributed by atoms with E-state index in [4.69, 9.17) is 44.8 Å². The van der Waals surface area contributed by atoms with Gasteiger partial charge in [-0.05, 0) is 320 Å². The van der Waals surface area contributed by atoms with E-state index in [1.54, 1.807) is 146 Å². The fourth-order valence-corrected chi connectivity index (χ4v) is 14.5. The number of hydrogen-bond donors (Lipinski definition) is 10. The van der Waals surface area contributed by atoms with E-state index in [0.29, 0.717) is 47.4 Å². The second-order valence-electron chi connectivity index (χ2n) is 28.9. The Morgan fingerprint density at radius 2 is 0.328 bits per heavy atom. The van der Waals surface area contributed by atoms with Crippen LogP contribution in [0.2, 0.25) is 0 Å². The van der Waals surface area contributed by atoms with E-state index in [0.717, 1.165) is 121 Å². The highest BCUT2D eigenvalue weighted by molar-refractivity contribution is 6.32. The predicted molar refractivity (Wildman–Crippen MR) is 487 cm³/mol. The van der Waals surface area contributed by atoms with Crippen LogP contribution in [0.4, 0.5) is 0 Å². The van der Waals surface area contributed by atoms with Gasteiger partial charge in [0.2, 0.25) is 0 Å². The number of carbonyl (C=O) groups is 13. The molecular weight excluding hydrogens is 1680 g/mol. The van der Waals surface area contributed by atoms with Crippen molar-refractivity contribution in [3.05, 3.63) is 389 Å². The van der Waals surface area contributed by atoms with Crippen molar-refractivity contribution in [1.29, 1.82) is 0 Å². The van der Waals surface area contributed by atoms with Crippen LogP contribution in [-0.4, -0.2) is 130 Å². The molecule has 0 saturated heterocycles. The van der Waals surface area contributed by atoms with Crippen molar-refractivity contribution in [2.75, 3.05) is 0 Å². The van der Waals surface area contributed by atoms with Gasteiger partial charge in [-0.15, -0.1) is 0 Å². The van der Waals surface area contributed by atoms with Gasteiger partial charge in [0.15, 0.2) is 0 Å². The van der Waals surface area contributed by atoms with Gasteiger partial charge in [0.1, 0.15) is 17.2 Å². The molecule has 17 aromatic rings. The average molecular weight is 1750 g/mol. The maximum absolute atomic E-state index is 11.7. The van der Waals surface area contributed by atoms with Crippen molar-refractivity contribution in [1.82, 2.24) is 0 Å². The molecule has 0 atom stereocenters. The number of carboxylic acid groups (broad SMARTS) is 10. The second-order valence-corrected chi connectivity index (χ2v) is 28.9. The molecule has 0 fully saturated rings. The van der Waals surface area contributed by atoms with E-state index in [2.05, 4.69) is 36.4 Å². The van der Waals surface area contributed by atoms with Crippen LogP contribution in [0.3, 0.4) is 0 Å². The van der Waals surface area contributed by atoms with E-state index >= 15 is 0 Å². The highest BCUT2D eigenvalue weighted by Crippen LogP contribution is 2.49. The lowest BCUT2D eigenvalue weighted by molar-refractivity contribution is -0.121. The number of aromatic carboxylic acids is 10. The minimum atomic E-state index is -1.06. The van der Waals surface area contributed by atoms with Gasteiger partial charge in [-0.25, -0.2) is 47.9 Å². The Labute approximate surface area is 741 Å². The summed E-state index contributed by atoms with van der Waals surface area (Å²) in [6.45, 7) is 1.14. The summed E-state index contributed by atoms with van der Waals surface area (Å²) in [5, 5.41) is 96.9. The summed E-state index contributed by atoms with van der Waals surface area (Å²) in [6, 6.07) is 93.9. The highest BCUT2D eigenvalue weighted by Gasteiger charge is 2.23. The zero-order chi connectivity index (χ0) is 93.3. The lowest BCUT2D eigenvalue weighted by Gasteiger charge is -2.21. The molecule has 0 spiro atoms.